The van der Waals surface area contributed by atoms with Gasteiger partial charge < -0.3 is 11.1 Å². The molecule has 0 unspecified atom stereocenters. The predicted octanol–water partition coefficient (Wildman–Crippen LogP) is 3.47. The summed E-state index contributed by atoms with van der Waals surface area (Å²) in [6.07, 6.45) is 3.83. The van der Waals surface area contributed by atoms with Crippen molar-refractivity contribution in [3.05, 3.63) is 40.3 Å². The Morgan fingerprint density at radius 1 is 1.24 bits per heavy atom. The van der Waals surface area contributed by atoms with Crippen molar-refractivity contribution in [2.24, 2.45) is 5.73 Å². The number of para-hydroxylation sites is 2. The van der Waals surface area contributed by atoms with Gasteiger partial charge in [-0.1, -0.05) is 23.9 Å². The van der Waals surface area contributed by atoms with E-state index in [0.29, 0.717) is 26.8 Å². The van der Waals surface area contributed by atoms with Crippen LogP contribution in [-0.4, -0.2) is 33.0 Å². The predicted molar refractivity (Wildman–Crippen MR) is 115 cm³/mol. The van der Waals surface area contributed by atoms with Gasteiger partial charge in [-0.05, 0) is 43.4 Å². The zero-order valence-corrected chi connectivity index (χ0v) is 17.5. The van der Waals surface area contributed by atoms with E-state index in [1.165, 1.54) is 34.6 Å². The maximum atomic E-state index is 12.6. The SMILES string of the molecule is CC(=O)n1c(SCC(=O)Nc2sc3c(c2C(N)=O)CCCC3)nc2ccccc21. The monoisotopic (exact) mass is 428 g/mol. The van der Waals surface area contributed by atoms with E-state index in [4.69, 9.17) is 5.73 Å². The molecule has 1 aromatic carbocycles. The normalized spacial score (nSPS) is 13.3. The number of imidazole rings is 1. The van der Waals surface area contributed by atoms with Crippen molar-refractivity contribution in [2.75, 3.05) is 11.1 Å². The minimum absolute atomic E-state index is 0.0668. The molecule has 0 aliphatic heterocycles. The van der Waals surface area contributed by atoms with Crippen molar-refractivity contribution in [2.45, 2.75) is 37.8 Å². The Morgan fingerprint density at radius 2 is 2.00 bits per heavy atom. The van der Waals surface area contributed by atoms with E-state index in [1.54, 1.807) is 0 Å². The number of nitrogens with two attached hydrogens (primary N) is 1. The number of hydrogen-bond donors (Lipinski definition) is 2. The number of hydrogen-bond acceptors (Lipinski definition) is 6. The number of thioether (sulfide) groups is 1. The van der Waals surface area contributed by atoms with Crippen molar-refractivity contribution in [3.8, 4) is 0 Å². The van der Waals surface area contributed by atoms with Crippen LogP contribution < -0.4 is 11.1 Å². The maximum Gasteiger partial charge on any atom is 0.251 e. The molecule has 2 amide bonds. The zero-order chi connectivity index (χ0) is 20.5. The number of primary amides is 1. The molecule has 29 heavy (non-hydrogen) atoms. The van der Waals surface area contributed by atoms with Gasteiger partial charge in [0.15, 0.2) is 5.16 Å². The largest absolute Gasteiger partial charge is 0.365 e. The molecule has 0 bridgehead atoms. The maximum absolute atomic E-state index is 12.6. The average Bonchev–Trinajstić information content (AvgIpc) is 3.23. The number of amides is 2. The lowest BCUT2D eigenvalue weighted by Gasteiger charge is -2.11. The molecule has 7 nitrogen and oxygen atoms in total. The van der Waals surface area contributed by atoms with E-state index in [2.05, 4.69) is 10.3 Å². The fourth-order valence-electron chi connectivity index (χ4n) is 3.61. The second kappa shape index (κ2) is 8.00. The highest BCUT2D eigenvalue weighted by molar-refractivity contribution is 7.99. The van der Waals surface area contributed by atoms with Crippen LogP contribution in [0, 0.1) is 0 Å². The Hall–Kier alpha value is -2.65. The summed E-state index contributed by atoms with van der Waals surface area (Å²) in [5, 5.41) is 3.83. The number of rotatable bonds is 5. The number of aryl methyl sites for hydroxylation is 1. The standard InChI is InChI=1S/C20H20N4O3S2/c1-11(25)24-14-8-4-3-7-13(14)22-20(24)28-10-16(26)23-19-17(18(21)27)12-6-2-5-9-15(12)29-19/h3-4,7-8H,2,5-6,9-10H2,1H3,(H2,21,27)(H,23,26). The smallest absolute Gasteiger partial charge is 0.251 e. The van der Waals surface area contributed by atoms with Gasteiger partial charge in [-0.15, -0.1) is 11.3 Å². The lowest BCUT2D eigenvalue weighted by Crippen LogP contribution is -2.19. The molecule has 2 aromatic heterocycles. The van der Waals surface area contributed by atoms with E-state index < -0.39 is 5.91 Å². The lowest BCUT2D eigenvalue weighted by molar-refractivity contribution is -0.113. The van der Waals surface area contributed by atoms with Gasteiger partial charge in [0.2, 0.25) is 11.8 Å². The molecule has 1 aliphatic carbocycles. The van der Waals surface area contributed by atoms with Crippen LogP contribution in [0.1, 0.15) is 45.4 Å². The molecule has 1 aliphatic rings. The Labute approximate surface area is 175 Å². The summed E-state index contributed by atoms with van der Waals surface area (Å²) < 4.78 is 1.51. The molecule has 0 saturated carbocycles. The summed E-state index contributed by atoms with van der Waals surface area (Å²) >= 11 is 2.62. The van der Waals surface area contributed by atoms with E-state index >= 15 is 0 Å². The van der Waals surface area contributed by atoms with E-state index in [-0.39, 0.29) is 17.6 Å². The first kappa shape index (κ1) is 19.7. The molecular weight excluding hydrogens is 408 g/mol. The molecule has 0 saturated heterocycles. The molecule has 0 radical (unpaired) electrons. The van der Waals surface area contributed by atoms with Gasteiger partial charge in [0.25, 0.3) is 5.91 Å². The van der Waals surface area contributed by atoms with Crippen LogP contribution in [0.4, 0.5) is 5.00 Å². The van der Waals surface area contributed by atoms with Gasteiger partial charge in [0, 0.05) is 11.8 Å². The summed E-state index contributed by atoms with van der Waals surface area (Å²) in [5.41, 5.74) is 8.42. The number of nitrogens with zero attached hydrogens (tertiary/aromatic N) is 2. The summed E-state index contributed by atoms with van der Waals surface area (Å²) in [4.78, 5) is 42.2. The molecule has 0 atom stereocenters. The van der Waals surface area contributed by atoms with Crippen LogP contribution >= 0.6 is 23.1 Å². The van der Waals surface area contributed by atoms with Crippen LogP contribution in [0.5, 0.6) is 0 Å². The van der Waals surface area contributed by atoms with Crippen LogP contribution in [0.25, 0.3) is 11.0 Å². The Morgan fingerprint density at radius 3 is 2.76 bits per heavy atom. The van der Waals surface area contributed by atoms with Gasteiger partial charge in [-0.2, -0.15) is 0 Å². The highest BCUT2D eigenvalue weighted by Gasteiger charge is 2.25. The van der Waals surface area contributed by atoms with Crippen LogP contribution in [0.3, 0.4) is 0 Å². The second-order valence-corrected chi connectivity index (χ2v) is 8.90. The third kappa shape index (κ3) is 3.79. The molecule has 9 heteroatoms. The van der Waals surface area contributed by atoms with Crippen molar-refractivity contribution in [3.63, 3.8) is 0 Å². The highest BCUT2D eigenvalue weighted by atomic mass is 32.2. The number of anilines is 1. The average molecular weight is 429 g/mol. The summed E-state index contributed by atoms with van der Waals surface area (Å²) in [5.74, 6) is -0.871. The number of nitrogens with one attached hydrogen (secondary N) is 1. The van der Waals surface area contributed by atoms with Gasteiger partial charge in [-0.3, -0.25) is 19.0 Å². The van der Waals surface area contributed by atoms with Gasteiger partial charge >= 0.3 is 0 Å². The zero-order valence-electron chi connectivity index (χ0n) is 15.9. The quantitative estimate of drug-likeness (QED) is 0.605. The molecule has 3 aromatic rings. The van der Waals surface area contributed by atoms with Gasteiger partial charge in [0.1, 0.15) is 5.00 Å². The topological polar surface area (TPSA) is 107 Å². The number of fused-ring (bicyclic) bond motifs is 2. The molecule has 4 rings (SSSR count). The first-order chi connectivity index (χ1) is 14.0. The third-order valence-electron chi connectivity index (χ3n) is 4.85. The first-order valence-corrected chi connectivity index (χ1v) is 11.1. The van der Waals surface area contributed by atoms with Gasteiger partial charge in [-0.25, -0.2) is 4.98 Å². The Bertz CT molecular complexity index is 1130. The molecular formula is C20H20N4O3S2. The number of aromatic nitrogens is 2. The van der Waals surface area contributed by atoms with Crippen molar-refractivity contribution < 1.29 is 14.4 Å². The fraction of sp³-hybridized carbons (Fsp3) is 0.300. The second-order valence-electron chi connectivity index (χ2n) is 6.85. The summed E-state index contributed by atoms with van der Waals surface area (Å²) in [6.45, 7) is 1.47. The van der Waals surface area contributed by atoms with Crippen molar-refractivity contribution >= 4 is 56.9 Å². The summed E-state index contributed by atoms with van der Waals surface area (Å²) in [7, 11) is 0. The number of carbonyl (C=O) groups excluding carboxylic acids is 3. The molecule has 2 heterocycles. The van der Waals surface area contributed by atoms with Crippen LogP contribution in [-0.2, 0) is 17.6 Å². The molecule has 150 valence electrons. The highest BCUT2D eigenvalue weighted by Crippen LogP contribution is 2.38. The van der Waals surface area contributed by atoms with Crippen LogP contribution in [0.2, 0.25) is 0 Å². The Balaban J connectivity index is 1.53. The number of benzene rings is 1. The fourth-order valence-corrected chi connectivity index (χ4v) is 5.77. The number of carbonyl (C=O) groups is 3. The minimum atomic E-state index is -0.509. The van der Waals surface area contributed by atoms with Crippen molar-refractivity contribution in [1.29, 1.82) is 0 Å². The number of thiophene rings is 1. The van der Waals surface area contributed by atoms with Gasteiger partial charge in [0.05, 0.1) is 22.3 Å². The molecule has 0 spiro atoms. The first-order valence-electron chi connectivity index (χ1n) is 9.31. The van der Waals surface area contributed by atoms with E-state index in [9.17, 15) is 14.4 Å². The van der Waals surface area contributed by atoms with Crippen LogP contribution in [0.15, 0.2) is 29.4 Å². The summed E-state index contributed by atoms with van der Waals surface area (Å²) in [6, 6.07) is 7.34. The Kier molecular flexibility index (Phi) is 5.42. The minimum Gasteiger partial charge on any atom is -0.365 e. The molecule has 3 N–H and O–H groups in total. The van der Waals surface area contributed by atoms with E-state index in [0.717, 1.165) is 36.1 Å². The van der Waals surface area contributed by atoms with Crippen molar-refractivity contribution in [1.82, 2.24) is 9.55 Å². The lowest BCUT2D eigenvalue weighted by atomic mass is 9.95. The third-order valence-corrected chi connectivity index (χ3v) is 6.99. The molecule has 0 fully saturated rings. The van der Waals surface area contributed by atoms with E-state index in [1.807, 2.05) is 24.3 Å².